The van der Waals surface area contributed by atoms with Crippen LogP contribution in [0.2, 0.25) is 0 Å². The molecule has 1 unspecified atom stereocenters. The monoisotopic (exact) mass is 395 g/mol. The van der Waals surface area contributed by atoms with Gasteiger partial charge in [0.25, 0.3) is 0 Å². The minimum atomic E-state index is -0.188. The summed E-state index contributed by atoms with van der Waals surface area (Å²) in [5.74, 6) is -0.372. The third kappa shape index (κ3) is 5.38. The molecule has 3 nitrogen and oxygen atoms in total. The lowest BCUT2D eigenvalue weighted by Gasteiger charge is -2.13. The molecule has 0 bridgehead atoms. The molecule has 0 heterocycles. The van der Waals surface area contributed by atoms with E-state index in [9.17, 15) is 4.79 Å². The molecule has 2 aromatic carbocycles. The average Bonchev–Trinajstić information content (AvgIpc) is 2.51. The third-order valence-corrected chi connectivity index (χ3v) is 3.73. The number of ether oxygens (including phenoxy) is 1. The lowest BCUT2D eigenvalue weighted by molar-refractivity contribution is -0.148. The fourth-order valence-corrected chi connectivity index (χ4v) is 2.37. The maximum atomic E-state index is 11.9. The molecule has 0 saturated heterocycles. The van der Waals surface area contributed by atoms with Gasteiger partial charge in [-0.2, -0.15) is 0 Å². The van der Waals surface area contributed by atoms with Gasteiger partial charge in [-0.3, -0.25) is 4.79 Å². The molecule has 0 aliphatic rings. The van der Waals surface area contributed by atoms with E-state index in [-0.39, 0.29) is 11.9 Å². The Labute approximate surface area is 138 Å². The third-order valence-electron chi connectivity index (χ3n) is 3.06. The number of carbonyl (C=O) groups is 1. The Bertz CT molecular complexity index is 586. The zero-order chi connectivity index (χ0) is 15.1. The van der Waals surface area contributed by atoms with Crippen LogP contribution in [0.3, 0.4) is 0 Å². The van der Waals surface area contributed by atoms with Gasteiger partial charge in [-0.1, -0.05) is 43.3 Å². The molecule has 0 spiro atoms. The molecule has 2 aromatic rings. The number of halogens is 1. The topological polar surface area (TPSA) is 38.3 Å². The normalized spacial score (nSPS) is 11.7. The molecule has 0 fully saturated rings. The van der Waals surface area contributed by atoms with E-state index < -0.39 is 0 Å². The Morgan fingerprint density at radius 1 is 1.19 bits per heavy atom. The number of hydrogen-bond donors (Lipinski definition) is 1. The largest absolute Gasteiger partial charge is 0.461 e. The number of esters is 1. The average molecular weight is 395 g/mol. The van der Waals surface area contributed by atoms with E-state index >= 15 is 0 Å². The van der Waals surface area contributed by atoms with Gasteiger partial charge in [-0.05, 0) is 46.4 Å². The van der Waals surface area contributed by atoms with Gasteiger partial charge in [0.2, 0.25) is 0 Å². The molecule has 0 radical (unpaired) electrons. The van der Waals surface area contributed by atoms with Crippen LogP contribution in [0, 0.1) is 9.49 Å². The van der Waals surface area contributed by atoms with Crippen LogP contribution < -0.4 is 5.32 Å². The van der Waals surface area contributed by atoms with Crippen LogP contribution in [-0.4, -0.2) is 12.5 Å². The first-order valence-electron chi connectivity index (χ1n) is 6.85. The second kappa shape index (κ2) is 8.02. The first-order valence-corrected chi connectivity index (χ1v) is 7.93. The zero-order valence-corrected chi connectivity index (χ0v) is 14.0. The summed E-state index contributed by atoms with van der Waals surface area (Å²) < 4.78 is 6.49. The number of benzene rings is 2. The Morgan fingerprint density at radius 3 is 2.67 bits per heavy atom. The molecular formula is C17H18INO2. The van der Waals surface area contributed by atoms with E-state index in [1.807, 2.05) is 61.5 Å². The highest BCUT2D eigenvalue weighted by Gasteiger charge is 2.14. The summed E-state index contributed by atoms with van der Waals surface area (Å²) in [4.78, 5) is 11.9. The van der Waals surface area contributed by atoms with Crippen molar-refractivity contribution in [3.05, 3.63) is 63.7 Å². The van der Waals surface area contributed by atoms with Crippen molar-refractivity contribution in [1.82, 2.24) is 0 Å². The van der Waals surface area contributed by atoms with Gasteiger partial charge >= 0.3 is 5.97 Å². The molecule has 0 aliphatic heterocycles. The minimum Gasteiger partial charge on any atom is -0.461 e. The SMILES string of the molecule is CC(CNc1cccc(I)c1)C(=O)OCc1ccccc1. The molecule has 110 valence electrons. The number of nitrogens with one attached hydrogen (secondary N) is 1. The van der Waals surface area contributed by atoms with Gasteiger partial charge in [-0.25, -0.2) is 0 Å². The van der Waals surface area contributed by atoms with Gasteiger partial charge in [0.15, 0.2) is 0 Å². The number of rotatable bonds is 6. The first kappa shape index (κ1) is 15.8. The molecule has 0 saturated carbocycles. The first-order chi connectivity index (χ1) is 10.1. The van der Waals surface area contributed by atoms with Gasteiger partial charge < -0.3 is 10.1 Å². The molecule has 2 rings (SSSR count). The van der Waals surface area contributed by atoms with Crippen molar-refractivity contribution in [2.75, 3.05) is 11.9 Å². The molecule has 21 heavy (non-hydrogen) atoms. The van der Waals surface area contributed by atoms with Gasteiger partial charge in [-0.15, -0.1) is 0 Å². The predicted molar refractivity (Wildman–Crippen MR) is 93.1 cm³/mol. The molecule has 0 amide bonds. The second-order valence-electron chi connectivity index (χ2n) is 4.89. The van der Waals surface area contributed by atoms with E-state index in [2.05, 4.69) is 27.9 Å². The fraction of sp³-hybridized carbons (Fsp3) is 0.235. The lowest BCUT2D eigenvalue weighted by Crippen LogP contribution is -2.22. The van der Waals surface area contributed by atoms with Crippen molar-refractivity contribution in [3.63, 3.8) is 0 Å². The maximum Gasteiger partial charge on any atom is 0.310 e. The molecule has 0 aliphatic carbocycles. The standard InChI is InChI=1S/C17H18INO2/c1-13(11-19-16-9-5-8-15(18)10-16)17(20)21-12-14-6-3-2-4-7-14/h2-10,13,19H,11-12H2,1H3. The summed E-state index contributed by atoms with van der Waals surface area (Å²) in [5.41, 5.74) is 2.02. The van der Waals surface area contributed by atoms with Gasteiger partial charge in [0.05, 0.1) is 5.92 Å². The summed E-state index contributed by atoms with van der Waals surface area (Å²) in [6.45, 7) is 2.76. The van der Waals surface area contributed by atoms with Crippen LogP contribution in [0.25, 0.3) is 0 Å². The van der Waals surface area contributed by atoms with Crippen LogP contribution in [0.15, 0.2) is 54.6 Å². The Kier molecular flexibility index (Phi) is 6.04. The molecule has 0 aromatic heterocycles. The summed E-state index contributed by atoms with van der Waals surface area (Å²) >= 11 is 2.26. The highest BCUT2D eigenvalue weighted by atomic mass is 127. The fourth-order valence-electron chi connectivity index (χ4n) is 1.82. The molecule has 1 N–H and O–H groups in total. The van der Waals surface area contributed by atoms with Crippen LogP contribution in [0.1, 0.15) is 12.5 Å². The van der Waals surface area contributed by atoms with Gasteiger partial charge in [0, 0.05) is 15.8 Å². The predicted octanol–water partition coefficient (Wildman–Crippen LogP) is 4.08. The summed E-state index contributed by atoms with van der Waals surface area (Å²) in [5, 5.41) is 3.26. The lowest BCUT2D eigenvalue weighted by atomic mass is 10.2. The van der Waals surface area contributed by atoms with Crippen LogP contribution in [-0.2, 0) is 16.1 Å². The van der Waals surface area contributed by atoms with Crippen molar-refractivity contribution in [2.24, 2.45) is 5.92 Å². The highest BCUT2D eigenvalue weighted by Crippen LogP contribution is 2.13. The van der Waals surface area contributed by atoms with E-state index in [0.29, 0.717) is 13.2 Å². The van der Waals surface area contributed by atoms with Crippen LogP contribution >= 0.6 is 22.6 Å². The van der Waals surface area contributed by atoms with Crippen molar-refractivity contribution in [1.29, 1.82) is 0 Å². The Balaban J connectivity index is 1.77. The van der Waals surface area contributed by atoms with E-state index in [4.69, 9.17) is 4.74 Å². The van der Waals surface area contributed by atoms with E-state index in [1.54, 1.807) is 0 Å². The second-order valence-corrected chi connectivity index (χ2v) is 6.13. The van der Waals surface area contributed by atoms with Crippen molar-refractivity contribution in [2.45, 2.75) is 13.5 Å². The quantitative estimate of drug-likeness (QED) is 0.592. The van der Waals surface area contributed by atoms with Crippen molar-refractivity contribution in [3.8, 4) is 0 Å². The number of hydrogen-bond acceptors (Lipinski definition) is 3. The summed E-state index contributed by atoms with van der Waals surface area (Å²) in [7, 11) is 0. The number of anilines is 1. The molecule has 1 atom stereocenters. The molecular weight excluding hydrogens is 377 g/mol. The summed E-state index contributed by atoms with van der Waals surface area (Å²) in [6.07, 6.45) is 0. The minimum absolute atomic E-state index is 0.183. The van der Waals surface area contributed by atoms with Crippen molar-refractivity contribution >= 4 is 34.2 Å². The Hall–Kier alpha value is -1.56. The van der Waals surface area contributed by atoms with Crippen LogP contribution in [0.4, 0.5) is 5.69 Å². The number of carbonyl (C=O) groups excluding carboxylic acids is 1. The van der Waals surface area contributed by atoms with Crippen LogP contribution in [0.5, 0.6) is 0 Å². The maximum absolute atomic E-state index is 11.9. The zero-order valence-electron chi connectivity index (χ0n) is 11.9. The highest BCUT2D eigenvalue weighted by molar-refractivity contribution is 14.1. The smallest absolute Gasteiger partial charge is 0.310 e. The van der Waals surface area contributed by atoms with Gasteiger partial charge in [0.1, 0.15) is 6.61 Å². The van der Waals surface area contributed by atoms with Crippen molar-refractivity contribution < 1.29 is 9.53 Å². The molecule has 4 heteroatoms. The van der Waals surface area contributed by atoms with E-state index in [1.165, 1.54) is 0 Å². The Morgan fingerprint density at radius 2 is 1.95 bits per heavy atom. The van der Waals surface area contributed by atoms with E-state index in [0.717, 1.165) is 14.8 Å². The summed E-state index contributed by atoms with van der Waals surface area (Å²) in [6, 6.07) is 17.8.